The number of benzene rings is 1. The van der Waals surface area contributed by atoms with E-state index in [2.05, 4.69) is 0 Å². The number of rotatable bonds is 0. The second kappa shape index (κ2) is 3.90. The van der Waals surface area contributed by atoms with Crippen LogP contribution < -0.4 is 5.73 Å². The van der Waals surface area contributed by atoms with Gasteiger partial charge in [0.15, 0.2) is 0 Å². The Morgan fingerprint density at radius 1 is 1.27 bits per heavy atom. The smallest absolute Gasteiger partial charge is 0.141 e. The van der Waals surface area contributed by atoms with Gasteiger partial charge in [-0.15, -0.1) is 12.4 Å². The van der Waals surface area contributed by atoms with Crippen LogP contribution in [0.3, 0.4) is 0 Å². The Labute approximate surface area is 80.3 Å². The number of hydrogen-bond donors (Lipinski definition) is 2. The maximum absolute atomic E-state index is 8.99. The number of aromatic hydroxyl groups is 1. The van der Waals surface area contributed by atoms with Crippen LogP contribution in [0.15, 0.2) is 12.1 Å². The zero-order valence-electron chi connectivity index (χ0n) is 5.34. The molecule has 1 aromatic carbocycles. The fraction of sp³-hybridized carbons (Fsp3) is 0. The van der Waals surface area contributed by atoms with Crippen molar-refractivity contribution in [3.8, 4) is 5.75 Å². The third-order valence-corrected chi connectivity index (χ3v) is 1.60. The van der Waals surface area contributed by atoms with Gasteiger partial charge in [0.1, 0.15) is 5.75 Å². The molecule has 3 N–H and O–H groups in total. The molecule has 11 heavy (non-hydrogen) atoms. The van der Waals surface area contributed by atoms with Crippen LogP contribution in [-0.2, 0) is 0 Å². The molecule has 0 amide bonds. The van der Waals surface area contributed by atoms with Crippen LogP contribution in [0.5, 0.6) is 5.75 Å². The number of nitrogen functional groups attached to an aromatic ring is 1. The molecule has 0 aromatic heterocycles. The van der Waals surface area contributed by atoms with Gasteiger partial charge >= 0.3 is 0 Å². The average molecular weight is 214 g/mol. The molecule has 1 aromatic rings. The molecule has 0 fully saturated rings. The molecule has 0 heterocycles. The lowest BCUT2D eigenvalue weighted by Gasteiger charge is -2.00. The first-order valence-electron chi connectivity index (χ1n) is 2.54. The molecule has 2 nitrogen and oxygen atoms in total. The van der Waals surface area contributed by atoms with E-state index in [0.29, 0.717) is 5.02 Å². The SMILES string of the molecule is Cl.Nc1c(O)cc(Cl)cc1Cl. The normalized spacial score (nSPS) is 8.91. The van der Waals surface area contributed by atoms with E-state index in [1.165, 1.54) is 12.1 Å². The molecule has 62 valence electrons. The number of phenols is 1. The molecule has 0 aliphatic carbocycles. The van der Waals surface area contributed by atoms with E-state index in [0.717, 1.165) is 0 Å². The zero-order valence-corrected chi connectivity index (χ0v) is 7.67. The molecule has 0 bridgehead atoms. The largest absolute Gasteiger partial charge is 0.506 e. The Morgan fingerprint density at radius 3 is 2.27 bits per heavy atom. The van der Waals surface area contributed by atoms with Crippen LogP contribution in [0.4, 0.5) is 5.69 Å². The Hall–Kier alpha value is -0.310. The van der Waals surface area contributed by atoms with Gasteiger partial charge in [-0.25, -0.2) is 0 Å². The minimum atomic E-state index is -0.0856. The first-order valence-corrected chi connectivity index (χ1v) is 3.30. The highest BCUT2D eigenvalue weighted by molar-refractivity contribution is 6.36. The maximum atomic E-state index is 8.99. The summed E-state index contributed by atoms with van der Waals surface area (Å²) >= 11 is 11.1. The van der Waals surface area contributed by atoms with E-state index >= 15 is 0 Å². The first kappa shape index (κ1) is 10.7. The summed E-state index contributed by atoms with van der Waals surface area (Å²) in [6, 6.07) is 2.81. The summed E-state index contributed by atoms with van der Waals surface area (Å²) < 4.78 is 0. The minimum absolute atomic E-state index is 0. The molecule has 0 aliphatic heterocycles. The van der Waals surface area contributed by atoms with Gasteiger partial charge in [0, 0.05) is 11.1 Å². The van der Waals surface area contributed by atoms with Crippen molar-refractivity contribution in [1.29, 1.82) is 0 Å². The Bertz CT molecular complexity index is 241. The molecule has 0 saturated heterocycles. The highest BCUT2D eigenvalue weighted by Gasteiger charge is 2.02. The van der Waals surface area contributed by atoms with Crippen molar-refractivity contribution in [2.24, 2.45) is 0 Å². The molecule has 0 aliphatic rings. The van der Waals surface area contributed by atoms with Crippen molar-refractivity contribution in [1.82, 2.24) is 0 Å². The number of halogens is 3. The standard InChI is InChI=1S/C6H5Cl2NO.ClH/c7-3-1-4(8)6(9)5(10)2-3;/h1-2,10H,9H2;1H. The van der Waals surface area contributed by atoms with Crippen LogP contribution in [0.2, 0.25) is 10.0 Å². The zero-order chi connectivity index (χ0) is 7.72. The summed E-state index contributed by atoms with van der Waals surface area (Å²) in [5, 5.41) is 9.63. The van der Waals surface area contributed by atoms with Crippen LogP contribution in [0.1, 0.15) is 0 Å². The van der Waals surface area contributed by atoms with E-state index < -0.39 is 0 Å². The van der Waals surface area contributed by atoms with E-state index in [1.54, 1.807) is 0 Å². The molecular formula is C6H6Cl3NO. The molecule has 0 spiro atoms. The predicted octanol–water partition coefficient (Wildman–Crippen LogP) is 2.70. The van der Waals surface area contributed by atoms with Crippen molar-refractivity contribution in [3.05, 3.63) is 22.2 Å². The average Bonchev–Trinajstić information content (AvgIpc) is 1.82. The molecule has 0 atom stereocenters. The third-order valence-electron chi connectivity index (χ3n) is 1.07. The Morgan fingerprint density at radius 2 is 1.82 bits per heavy atom. The van der Waals surface area contributed by atoms with E-state index in [4.69, 9.17) is 34.0 Å². The fourth-order valence-electron chi connectivity index (χ4n) is 0.571. The topological polar surface area (TPSA) is 46.2 Å². The lowest BCUT2D eigenvalue weighted by molar-refractivity contribution is 0.478. The maximum Gasteiger partial charge on any atom is 0.141 e. The Balaban J connectivity index is 0.000001000. The van der Waals surface area contributed by atoms with Gasteiger partial charge in [-0.05, 0) is 6.07 Å². The summed E-state index contributed by atoms with van der Waals surface area (Å²) in [6.07, 6.45) is 0. The van der Waals surface area contributed by atoms with Gasteiger partial charge in [0.05, 0.1) is 10.7 Å². The molecule has 5 heteroatoms. The van der Waals surface area contributed by atoms with Gasteiger partial charge < -0.3 is 10.8 Å². The predicted molar refractivity (Wildman–Crippen MR) is 49.8 cm³/mol. The summed E-state index contributed by atoms with van der Waals surface area (Å²) in [5.41, 5.74) is 5.47. The van der Waals surface area contributed by atoms with Crippen LogP contribution in [0, 0.1) is 0 Å². The second-order valence-corrected chi connectivity index (χ2v) is 2.66. The van der Waals surface area contributed by atoms with E-state index in [9.17, 15) is 0 Å². The molecule has 0 radical (unpaired) electrons. The highest BCUT2D eigenvalue weighted by atomic mass is 35.5. The summed E-state index contributed by atoms with van der Waals surface area (Å²) in [7, 11) is 0. The van der Waals surface area contributed by atoms with Crippen LogP contribution in [-0.4, -0.2) is 5.11 Å². The van der Waals surface area contributed by atoms with Gasteiger partial charge in [0.25, 0.3) is 0 Å². The summed E-state index contributed by atoms with van der Waals surface area (Å²) in [5.74, 6) is -0.0856. The lowest BCUT2D eigenvalue weighted by Crippen LogP contribution is -1.86. The van der Waals surface area contributed by atoms with E-state index in [1.807, 2.05) is 0 Å². The molecule has 1 rings (SSSR count). The van der Waals surface area contributed by atoms with Crippen molar-refractivity contribution in [3.63, 3.8) is 0 Å². The number of anilines is 1. The van der Waals surface area contributed by atoms with Gasteiger partial charge in [-0.2, -0.15) is 0 Å². The fourth-order valence-corrected chi connectivity index (χ4v) is 1.05. The van der Waals surface area contributed by atoms with Crippen molar-refractivity contribution >= 4 is 41.3 Å². The van der Waals surface area contributed by atoms with Gasteiger partial charge in [-0.3, -0.25) is 0 Å². The molecule has 0 saturated carbocycles. The van der Waals surface area contributed by atoms with Crippen LogP contribution in [0.25, 0.3) is 0 Å². The van der Waals surface area contributed by atoms with Crippen molar-refractivity contribution in [2.45, 2.75) is 0 Å². The minimum Gasteiger partial charge on any atom is -0.506 e. The monoisotopic (exact) mass is 213 g/mol. The summed E-state index contributed by atoms with van der Waals surface area (Å²) in [6.45, 7) is 0. The quantitative estimate of drug-likeness (QED) is 0.515. The van der Waals surface area contributed by atoms with Gasteiger partial charge in [-0.1, -0.05) is 23.2 Å². The Kier molecular flexibility index (Phi) is 3.79. The number of nitrogens with two attached hydrogens (primary N) is 1. The first-order chi connectivity index (χ1) is 4.61. The van der Waals surface area contributed by atoms with E-state index in [-0.39, 0.29) is 28.9 Å². The number of phenolic OH excluding ortho intramolecular Hbond substituents is 1. The second-order valence-electron chi connectivity index (χ2n) is 1.82. The lowest BCUT2D eigenvalue weighted by atomic mass is 10.3. The molecule has 0 unspecified atom stereocenters. The van der Waals surface area contributed by atoms with Crippen LogP contribution >= 0.6 is 35.6 Å². The third kappa shape index (κ3) is 2.33. The van der Waals surface area contributed by atoms with Crippen molar-refractivity contribution < 1.29 is 5.11 Å². The van der Waals surface area contributed by atoms with Gasteiger partial charge in [0.2, 0.25) is 0 Å². The van der Waals surface area contributed by atoms with Crippen molar-refractivity contribution in [2.75, 3.05) is 5.73 Å². The molecular weight excluding hydrogens is 208 g/mol. The highest BCUT2D eigenvalue weighted by Crippen LogP contribution is 2.31. The number of hydrogen-bond acceptors (Lipinski definition) is 2. The summed E-state index contributed by atoms with van der Waals surface area (Å²) in [4.78, 5) is 0.